The van der Waals surface area contributed by atoms with Crippen LogP contribution in [0.25, 0.3) is 0 Å². The van der Waals surface area contributed by atoms with Gasteiger partial charge in [0, 0.05) is 13.5 Å². The Kier molecular flexibility index (Phi) is 2.81. The third-order valence-electron chi connectivity index (χ3n) is 2.59. The molecule has 0 spiro atoms. The standard InChI is InChI=1S/C11H12N2O2/c1-15-10-6-9-4-2-3-5-11(9)13(7-10)12-8-14/h2-5,10H,6-7H2,1H3/t10-/m0/s1. The van der Waals surface area contributed by atoms with Crippen molar-refractivity contribution in [2.75, 3.05) is 18.7 Å². The second kappa shape index (κ2) is 4.26. The largest absolute Gasteiger partial charge is 0.379 e. The minimum Gasteiger partial charge on any atom is -0.379 e. The Hall–Kier alpha value is -1.64. The number of isocyanates is 1. The molecule has 0 amide bonds. The van der Waals surface area contributed by atoms with E-state index in [1.165, 1.54) is 0 Å². The molecule has 1 aliphatic heterocycles. The second-order valence-corrected chi connectivity index (χ2v) is 3.46. The van der Waals surface area contributed by atoms with E-state index in [2.05, 4.69) is 5.10 Å². The van der Waals surface area contributed by atoms with Gasteiger partial charge in [0.05, 0.1) is 18.3 Å². The third kappa shape index (κ3) is 1.91. The molecule has 15 heavy (non-hydrogen) atoms. The van der Waals surface area contributed by atoms with Crippen molar-refractivity contribution in [1.82, 2.24) is 0 Å². The monoisotopic (exact) mass is 204 g/mol. The molecule has 0 unspecified atom stereocenters. The number of hydrogen-bond donors (Lipinski definition) is 0. The Balaban J connectivity index is 2.37. The number of anilines is 1. The number of rotatable bonds is 2. The van der Waals surface area contributed by atoms with Crippen LogP contribution in [0.2, 0.25) is 0 Å². The smallest absolute Gasteiger partial charge is 0.258 e. The van der Waals surface area contributed by atoms with Gasteiger partial charge in [0.25, 0.3) is 6.08 Å². The predicted molar refractivity (Wildman–Crippen MR) is 56.4 cm³/mol. The van der Waals surface area contributed by atoms with E-state index in [1.54, 1.807) is 18.2 Å². The molecule has 2 rings (SSSR count). The molecule has 1 heterocycles. The Labute approximate surface area is 88.2 Å². The van der Waals surface area contributed by atoms with E-state index in [0.717, 1.165) is 17.7 Å². The molecule has 0 bridgehead atoms. The van der Waals surface area contributed by atoms with Crippen LogP contribution in [-0.2, 0) is 16.0 Å². The van der Waals surface area contributed by atoms with Crippen LogP contribution in [0, 0.1) is 0 Å². The molecule has 1 aliphatic rings. The zero-order valence-electron chi connectivity index (χ0n) is 8.51. The highest BCUT2D eigenvalue weighted by molar-refractivity contribution is 5.57. The van der Waals surface area contributed by atoms with Crippen LogP contribution in [0.5, 0.6) is 0 Å². The highest BCUT2D eigenvalue weighted by atomic mass is 16.5. The van der Waals surface area contributed by atoms with Crippen LogP contribution < -0.4 is 5.01 Å². The van der Waals surface area contributed by atoms with Gasteiger partial charge in [0.15, 0.2) is 0 Å². The minimum absolute atomic E-state index is 0.0806. The third-order valence-corrected chi connectivity index (χ3v) is 2.59. The first-order valence-corrected chi connectivity index (χ1v) is 4.81. The summed E-state index contributed by atoms with van der Waals surface area (Å²) in [6.07, 6.45) is 2.51. The number of benzene rings is 1. The van der Waals surface area contributed by atoms with E-state index >= 15 is 0 Å². The number of hydrogen-bond acceptors (Lipinski definition) is 4. The van der Waals surface area contributed by atoms with E-state index in [0.29, 0.717) is 6.54 Å². The highest BCUT2D eigenvalue weighted by Crippen LogP contribution is 2.27. The van der Waals surface area contributed by atoms with E-state index < -0.39 is 0 Å². The average Bonchev–Trinajstić information content (AvgIpc) is 2.29. The fourth-order valence-electron chi connectivity index (χ4n) is 1.84. The number of hydrazone groups is 1. The minimum atomic E-state index is 0.0806. The van der Waals surface area contributed by atoms with Crippen molar-refractivity contribution in [3.63, 3.8) is 0 Å². The molecule has 1 atom stereocenters. The molecular weight excluding hydrogens is 192 g/mol. The summed E-state index contributed by atoms with van der Waals surface area (Å²) in [5.74, 6) is 0. The number of carbonyl (C=O) groups excluding carboxylic acids is 1. The van der Waals surface area contributed by atoms with Gasteiger partial charge in [-0.3, -0.25) is 5.01 Å². The lowest BCUT2D eigenvalue weighted by Gasteiger charge is -2.30. The summed E-state index contributed by atoms with van der Waals surface area (Å²) in [6.45, 7) is 0.600. The molecule has 0 N–H and O–H groups in total. The van der Waals surface area contributed by atoms with E-state index in [4.69, 9.17) is 4.74 Å². The first-order valence-electron chi connectivity index (χ1n) is 4.81. The topological polar surface area (TPSA) is 41.9 Å². The summed E-state index contributed by atoms with van der Waals surface area (Å²) in [6, 6.07) is 7.87. The van der Waals surface area contributed by atoms with Crippen molar-refractivity contribution >= 4 is 11.8 Å². The number of fused-ring (bicyclic) bond motifs is 1. The lowest BCUT2D eigenvalue weighted by molar-refractivity contribution is 0.104. The van der Waals surface area contributed by atoms with Crippen LogP contribution in [0.15, 0.2) is 29.4 Å². The van der Waals surface area contributed by atoms with Crippen molar-refractivity contribution in [3.8, 4) is 0 Å². The van der Waals surface area contributed by atoms with E-state index in [1.807, 2.05) is 24.3 Å². The van der Waals surface area contributed by atoms with Gasteiger partial charge < -0.3 is 4.74 Å². The highest BCUT2D eigenvalue weighted by Gasteiger charge is 2.23. The summed E-state index contributed by atoms with van der Waals surface area (Å²) in [7, 11) is 1.67. The summed E-state index contributed by atoms with van der Waals surface area (Å²) < 4.78 is 5.29. The van der Waals surface area contributed by atoms with Gasteiger partial charge in [-0.25, -0.2) is 4.79 Å². The number of nitrogens with zero attached hydrogens (tertiary/aromatic N) is 2. The van der Waals surface area contributed by atoms with E-state index in [9.17, 15) is 4.79 Å². The Morgan fingerprint density at radius 2 is 2.33 bits per heavy atom. The zero-order chi connectivity index (χ0) is 10.7. The van der Waals surface area contributed by atoms with Gasteiger partial charge in [0.2, 0.25) is 0 Å². The fourth-order valence-corrected chi connectivity index (χ4v) is 1.84. The van der Waals surface area contributed by atoms with Crippen molar-refractivity contribution in [1.29, 1.82) is 0 Å². The average molecular weight is 204 g/mol. The molecule has 0 fully saturated rings. The van der Waals surface area contributed by atoms with E-state index in [-0.39, 0.29) is 6.10 Å². The summed E-state index contributed by atoms with van der Waals surface area (Å²) >= 11 is 0. The van der Waals surface area contributed by atoms with Crippen molar-refractivity contribution in [2.45, 2.75) is 12.5 Å². The number of ether oxygens (including phenoxy) is 1. The van der Waals surface area contributed by atoms with Gasteiger partial charge in [-0.15, -0.1) is 0 Å². The number of para-hydroxylation sites is 1. The van der Waals surface area contributed by atoms with Crippen LogP contribution in [0.1, 0.15) is 5.56 Å². The molecule has 78 valence electrons. The zero-order valence-corrected chi connectivity index (χ0v) is 8.51. The Bertz CT molecular complexity index is 399. The molecule has 0 radical (unpaired) electrons. The quantitative estimate of drug-likeness (QED) is 0.539. The van der Waals surface area contributed by atoms with Gasteiger partial charge in [-0.05, 0) is 11.6 Å². The van der Waals surface area contributed by atoms with Crippen molar-refractivity contribution < 1.29 is 9.53 Å². The van der Waals surface area contributed by atoms with Gasteiger partial charge in [-0.1, -0.05) is 23.3 Å². The normalized spacial score (nSPS) is 19.3. The summed E-state index contributed by atoms with van der Waals surface area (Å²) in [5.41, 5.74) is 2.11. The van der Waals surface area contributed by atoms with Crippen LogP contribution in [0.3, 0.4) is 0 Å². The summed E-state index contributed by atoms with van der Waals surface area (Å²) in [4.78, 5) is 10.3. The maximum absolute atomic E-state index is 10.3. The molecule has 0 saturated carbocycles. The molecule has 0 aromatic heterocycles. The maximum atomic E-state index is 10.3. The molecule has 1 aromatic carbocycles. The molecular formula is C11H12N2O2. The first-order chi connectivity index (χ1) is 7.35. The lowest BCUT2D eigenvalue weighted by Crippen LogP contribution is -2.36. The molecule has 0 aliphatic carbocycles. The Morgan fingerprint density at radius 3 is 3.07 bits per heavy atom. The van der Waals surface area contributed by atoms with Crippen molar-refractivity contribution in [3.05, 3.63) is 29.8 Å². The maximum Gasteiger partial charge on any atom is 0.258 e. The van der Waals surface area contributed by atoms with Gasteiger partial charge in [-0.2, -0.15) is 0 Å². The molecule has 4 nitrogen and oxygen atoms in total. The van der Waals surface area contributed by atoms with Crippen LogP contribution >= 0.6 is 0 Å². The van der Waals surface area contributed by atoms with Crippen LogP contribution in [-0.4, -0.2) is 25.8 Å². The Morgan fingerprint density at radius 1 is 1.53 bits per heavy atom. The lowest BCUT2D eigenvalue weighted by atomic mass is 10.0. The second-order valence-electron chi connectivity index (χ2n) is 3.46. The number of methoxy groups -OCH3 is 1. The predicted octanol–water partition coefficient (Wildman–Crippen LogP) is 1.31. The first kappa shape index (κ1) is 9.90. The fraction of sp³-hybridized carbons (Fsp3) is 0.364. The van der Waals surface area contributed by atoms with Gasteiger partial charge >= 0.3 is 0 Å². The summed E-state index contributed by atoms with van der Waals surface area (Å²) in [5, 5.41) is 5.31. The van der Waals surface area contributed by atoms with Crippen LogP contribution in [0.4, 0.5) is 5.69 Å². The molecule has 1 aromatic rings. The van der Waals surface area contributed by atoms with Gasteiger partial charge in [0.1, 0.15) is 0 Å². The molecule has 0 saturated heterocycles. The van der Waals surface area contributed by atoms with Crippen molar-refractivity contribution in [2.24, 2.45) is 5.10 Å². The molecule has 4 heteroatoms. The SMILES string of the molecule is CO[C@H]1Cc2ccccc2N(N=C=O)C1.